The molecule has 6 heteroatoms. The Morgan fingerprint density at radius 2 is 2.21 bits per heavy atom. The molecule has 2 N–H and O–H groups in total. The van der Waals surface area contributed by atoms with Crippen LogP contribution < -0.4 is 5.32 Å². The van der Waals surface area contributed by atoms with E-state index in [2.05, 4.69) is 16.9 Å². The third-order valence-electron chi connectivity index (χ3n) is 2.81. The monoisotopic (exact) mass is 261 g/mol. The van der Waals surface area contributed by atoms with Crippen LogP contribution in [0.4, 0.5) is 0 Å². The summed E-state index contributed by atoms with van der Waals surface area (Å²) in [5.41, 5.74) is 1.00. The SMILES string of the molecule is C=C1CN(C(=O)CCNC(=O)c2ncccc2O)C1. The highest BCUT2D eigenvalue weighted by atomic mass is 16.3. The van der Waals surface area contributed by atoms with Crippen LogP contribution >= 0.6 is 0 Å². The number of aromatic nitrogens is 1. The quantitative estimate of drug-likeness (QED) is 0.764. The van der Waals surface area contributed by atoms with Gasteiger partial charge in [0.25, 0.3) is 5.91 Å². The number of nitrogens with one attached hydrogen (secondary N) is 1. The van der Waals surface area contributed by atoms with E-state index in [1.807, 2.05) is 0 Å². The highest BCUT2D eigenvalue weighted by molar-refractivity contribution is 5.94. The minimum Gasteiger partial charge on any atom is -0.505 e. The van der Waals surface area contributed by atoms with Crippen molar-refractivity contribution in [1.29, 1.82) is 0 Å². The van der Waals surface area contributed by atoms with Gasteiger partial charge in [0.05, 0.1) is 0 Å². The standard InChI is InChI=1S/C13H15N3O3/c1-9-7-16(8-9)11(18)4-6-15-13(19)12-10(17)3-2-5-14-12/h2-3,5,17H,1,4,6-8H2,(H,15,19). The molecule has 1 fully saturated rings. The third-order valence-corrected chi connectivity index (χ3v) is 2.81. The van der Waals surface area contributed by atoms with Crippen LogP contribution in [0.5, 0.6) is 5.75 Å². The maximum Gasteiger partial charge on any atom is 0.273 e. The fourth-order valence-electron chi connectivity index (χ4n) is 1.77. The van der Waals surface area contributed by atoms with Crippen LogP contribution in [0.1, 0.15) is 16.9 Å². The van der Waals surface area contributed by atoms with Crippen LogP contribution in [0.2, 0.25) is 0 Å². The van der Waals surface area contributed by atoms with E-state index >= 15 is 0 Å². The van der Waals surface area contributed by atoms with Crippen LogP contribution in [0.3, 0.4) is 0 Å². The number of pyridine rings is 1. The zero-order chi connectivity index (χ0) is 13.8. The Labute approximate surface area is 110 Å². The van der Waals surface area contributed by atoms with Gasteiger partial charge in [-0.3, -0.25) is 9.59 Å². The first kappa shape index (κ1) is 13.1. The molecule has 1 aliphatic rings. The number of nitrogens with zero attached hydrogens (tertiary/aromatic N) is 2. The predicted molar refractivity (Wildman–Crippen MR) is 68.6 cm³/mol. The highest BCUT2D eigenvalue weighted by Gasteiger charge is 2.23. The fourth-order valence-corrected chi connectivity index (χ4v) is 1.77. The van der Waals surface area contributed by atoms with Gasteiger partial charge < -0.3 is 15.3 Å². The van der Waals surface area contributed by atoms with Gasteiger partial charge in [-0.25, -0.2) is 4.98 Å². The fraction of sp³-hybridized carbons (Fsp3) is 0.308. The van der Waals surface area contributed by atoms with Gasteiger partial charge in [0.2, 0.25) is 5.91 Å². The number of hydrogen-bond donors (Lipinski definition) is 2. The average Bonchev–Trinajstić information content (AvgIpc) is 2.35. The Morgan fingerprint density at radius 3 is 2.84 bits per heavy atom. The zero-order valence-corrected chi connectivity index (χ0v) is 10.4. The van der Waals surface area contributed by atoms with Gasteiger partial charge in [0, 0.05) is 32.3 Å². The minimum absolute atomic E-state index is 0.0158. The Morgan fingerprint density at radius 1 is 1.47 bits per heavy atom. The second kappa shape index (κ2) is 5.51. The predicted octanol–water partition coefficient (Wildman–Crippen LogP) is 0.305. The van der Waals surface area contributed by atoms with E-state index in [0.717, 1.165) is 5.57 Å². The van der Waals surface area contributed by atoms with Gasteiger partial charge in [-0.15, -0.1) is 0 Å². The molecular formula is C13H15N3O3. The molecule has 2 amide bonds. The molecule has 0 spiro atoms. The van der Waals surface area contributed by atoms with Crippen molar-refractivity contribution in [2.24, 2.45) is 0 Å². The lowest BCUT2D eigenvalue weighted by molar-refractivity contribution is -0.132. The number of hydrogen-bond acceptors (Lipinski definition) is 4. The maximum atomic E-state index is 11.7. The van der Waals surface area contributed by atoms with Gasteiger partial charge in [-0.2, -0.15) is 0 Å². The summed E-state index contributed by atoms with van der Waals surface area (Å²) >= 11 is 0. The number of carbonyl (C=O) groups excluding carboxylic acids is 2. The molecule has 19 heavy (non-hydrogen) atoms. The summed E-state index contributed by atoms with van der Waals surface area (Å²) in [5.74, 6) is -0.678. The van der Waals surface area contributed by atoms with E-state index in [0.29, 0.717) is 13.1 Å². The normalized spacial score (nSPS) is 13.9. The second-order valence-electron chi connectivity index (χ2n) is 4.38. The summed E-state index contributed by atoms with van der Waals surface area (Å²) in [4.78, 5) is 28.8. The molecule has 0 unspecified atom stereocenters. The summed E-state index contributed by atoms with van der Waals surface area (Å²) in [6.45, 7) is 5.18. The summed E-state index contributed by atoms with van der Waals surface area (Å²) in [6, 6.07) is 2.92. The molecule has 0 bridgehead atoms. The zero-order valence-electron chi connectivity index (χ0n) is 10.4. The van der Waals surface area contributed by atoms with Crippen LogP contribution in [0, 0.1) is 0 Å². The summed E-state index contributed by atoms with van der Waals surface area (Å²) in [7, 11) is 0. The van der Waals surface area contributed by atoms with Crippen molar-refractivity contribution in [1.82, 2.24) is 15.2 Å². The molecule has 6 nitrogen and oxygen atoms in total. The molecular weight excluding hydrogens is 246 g/mol. The molecule has 1 aliphatic heterocycles. The first-order valence-electron chi connectivity index (χ1n) is 5.94. The lowest BCUT2D eigenvalue weighted by atomic mass is 10.1. The van der Waals surface area contributed by atoms with Crippen molar-refractivity contribution < 1.29 is 14.7 Å². The lowest BCUT2D eigenvalue weighted by Crippen LogP contribution is -2.45. The molecule has 0 saturated carbocycles. The van der Waals surface area contributed by atoms with Crippen molar-refractivity contribution in [2.75, 3.05) is 19.6 Å². The molecule has 1 aromatic rings. The molecule has 1 aromatic heterocycles. The maximum absolute atomic E-state index is 11.7. The van der Waals surface area contributed by atoms with Gasteiger partial charge in [-0.1, -0.05) is 6.58 Å². The third kappa shape index (κ3) is 3.09. The largest absolute Gasteiger partial charge is 0.505 e. The van der Waals surface area contributed by atoms with E-state index < -0.39 is 5.91 Å². The average molecular weight is 261 g/mol. The van der Waals surface area contributed by atoms with Gasteiger partial charge in [-0.05, 0) is 17.7 Å². The number of amides is 2. The van der Waals surface area contributed by atoms with Crippen LogP contribution in [-0.4, -0.2) is 46.4 Å². The Balaban J connectivity index is 1.77. The number of rotatable bonds is 4. The van der Waals surface area contributed by atoms with E-state index in [-0.39, 0.29) is 30.3 Å². The Kier molecular flexibility index (Phi) is 3.79. The Bertz CT molecular complexity index is 520. The van der Waals surface area contributed by atoms with E-state index in [1.54, 1.807) is 4.90 Å². The van der Waals surface area contributed by atoms with Crippen molar-refractivity contribution in [3.63, 3.8) is 0 Å². The van der Waals surface area contributed by atoms with Crippen molar-refractivity contribution in [3.8, 4) is 5.75 Å². The summed E-state index contributed by atoms with van der Waals surface area (Å²) < 4.78 is 0. The first-order chi connectivity index (χ1) is 9.08. The van der Waals surface area contributed by atoms with E-state index in [9.17, 15) is 14.7 Å². The molecule has 0 aliphatic carbocycles. The number of likely N-dealkylation sites (tertiary alicyclic amines) is 1. The Hall–Kier alpha value is -2.37. The lowest BCUT2D eigenvalue weighted by Gasteiger charge is -2.33. The molecule has 1 saturated heterocycles. The van der Waals surface area contributed by atoms with Crippen molar-refractivity contribution >= 4 is 11.8 Å². The summed E-state index contributed by atoms with van der Waals surface area (Å²) in [6.07, 6.45) is 1.65. The molecule has 0 radical (unpaired) electrons. The topological polar surface area (TPSA) is 82.5 Å². The van der Waals surface area contributed by atoms with Crippen LogP contribution in [0.25, 0.3) is 0 Å². The van der Waals surface area contributed by atoms with Gasteiger partial charge in [0.1, 0.15) is 5.75 Å². The highest BCUT2D eigenvalue weighted by Crippen LogP contribution is 2.13. The van der Waals surface area contributed by atoms with E-state index in [4.69, 9.17) is 0 Å². The number of carbonyl (C=O) groups is 2. The summed E-state index contributed by atoms with van der Waals surface area (Å²) in [5, 5.41) is 12.0. The van der Waals surface area contributed by atoms with Gasteiger partial charge in [0.15, 0.2) is 5.69 Å². The molecule has 100 valence electrons. The van der Waals surface area contributed by atoms with Gasteiger partial charge >= 0.3 is 0 Å². The van der Waals surface area contributed by atoms with Crippen molar-refractivity contribution in [3.05, 3.63) is 36.2 Å². The van der Waals surface area contributed by atoms with Crippen molar-refractivity contribution in [2.45, 2.75) is 6.42 Å². The first-order valence-corrected chi connectivity index (χ1v) is 5.94. The minimum atomic E-state index is -0.487. The second-order valence-corrected chi connectivity index (χ2v) is 4.38. The smallest absolute Gasteiger partial charge is 0.273 e. The van der Waals surface area contributed by atoms with Crippen LogP contribution in [0.15, 0.2) is 30.5 Å². The molecule has 2 rings (SSSR count). The molecule has 0 atom stereocenters. The number of aromatic hydroxyl groups is 1. The van der Waals surface area contributed by atoms with E-state index in [1.165, 1.54) is 18.3 Å². The molecule has 2 heterocycles. The van der Waals surface area contributed by atoms with Crippen LogP contribution in [-0.2, 0) is 4.79 Å². The molecule has 0 aromatic carbocycles.